The van der Waals surface area contributed by atoms with E-state index in [-0.39, 0.29) is 38.5 Å². The van der Waals surface area contributed by atoms with Gasteiger partial charge in [-0.15, -0.1) is 0 Å². The van der Waals surface area contributed by atoms with Gasteiger partial charge < -0.3 is 19.7 Å². The minimum atomic E-state index is -4.54. The van der Waals surface area contributed by atoms with Crippen LogP contribution in [-0.2, 0) is 37.5 Å². The van der Waals surface area contributed by atoms with Crippen LogP contribution in [0.4, 0.5) is 0 Å². The lowest BCUT2D eigenvalue weighted by Crippen LogP contribution is -2.30. The second-order valence-corrected chi connectivity index (χ2v) is 20.2. The van der Waals surface area contributed by atoms with Crippen molar-refractivity contribution in [2.45, 2.75) is 284 Å². The third kappa shape index (κ3) is 49.9. The quantitative estimate of drug-likeness (QED) is 0.0264. The number of carbonyl (C=O) groups is 3. The molecule has 0 aliphatic carbocycles. The van der Waals surface area contributed by atoms with Crippen molar-refractivity contribution in [1.29, 1.82) is 0 Å². The number of unbranched alkanes of at least 4 members (excludes halogenated alkanes) is 32. The molecule has 0 aliphatic rings. The average Bonchev–Trinajstić information content (AvgIpc) is 3.30. The highest BCUT2D eigenvalue weighted by atomic mass is 31.2. The summed E-state index contributed by atoms with van der Waals surface area (Å²) in [6.07, 6.45) is 52.5. The first kappa shape index (κ1) is 64.0. The summed E-state index contributed by atoms with van der Waals surface area (Å²) in [5, 5.41) is 2.73. The zero-order valence-corrected chi connectivity index (χ0v) is 44.1. The first-order valence-corrected chi connectivity index (χ1v) is 29.3. The molecule has 0 saturated carbocycles. The maximum absolute atomic E-state index is 12.8. The zero-order valence-electron chi connectivity index (χ0n) is 43.2. The Morgan fingerprint density at radius 3 is 1.32 bits per heavy atom. The van der Waals surface area contributed by atoms with Crippen molar-refractivity contribution in [3.8, 4) is 0 Å². The van der Waals surface area contributed by atoms with Crippen LogP contribution in [0.3, 0.4) is 0 Å². The highest BCUT2D eigenvalue weighted by molar-refractivity contribution is 7.47. The Labute approximate surface area is 406 Å². The molecular formula is C55H104NO9P. The molecular weight excluding hydrogens is 850 g/mol. The molecule has 388 valence electrons. The molecule has 0 radical (unpaired) electrons. The van der Waals surface area contributed by atoms with Crippen molar-refractivity contribution < 1.29 is 42.4 Å². The van der Waals surface area contributed by atoms with Crippen LogP contribution in [0.15, 0.2) is 24.3 Å². The summed E-state index contributed by atoms with van der Waals surface area (Å²) >= 11 is 0. The van der Waals surface area contributed by atoms with Crippen LogP contribution in [0.25, 0.3) is 0 Å². The van der Waals surface area contributed by atoms with Gasteiger partial charge in [0.25, 0.3) is 0 Å². The monoisotopic (exact) mass is 954 g/mol. The number of hydrogen-bond acceptors (Lipinski definition) is 8. The first-order valence-electron chi connectivity index (χ1n) is 27.8. The molecule has 0 spiro atoms. The van der Waals surface area contributed by atoms with Crippen LogP contribution in [0.5, 0.6) is 0 Å². The molecule has 0 aromatic heterocycles. The van der Waals surface area contributed by atoms with E-state index in [0.717, 1.165) is 83.5 Å². The number of esters is 2. The van der Waals surface area contributed by atoms with E-state index >= 15 is 0 Å². The standard InChI is InChI=1S/C55H104NO9P/c1-4-7-10-13-16-19-22-25-26-29-30-33-36-39-42-45-53(57)56-48-49-63-66(60,61)64-51-52(65-55(59)47-44-41-38-35-32-28-24-21-18-15-12-9-6-3)50-62-54(58)46-43-40-37-34-31-27-23-20-17-14-11-8-5-2/h16,19,25-26,52H,4-15,17-18,20-24,27-51H2,1-3H3,(H,56,57)(H,60,61)/b19-16+,26-25+/t52-/m1/s1. The van der Waals surface area contributed by atoms with Gasteiger partial charge >= 0.3 is 19.8 Å². The molecule has 1 amide bonds. The number of phosphoric acid groups is 1. The molecule has 0 aromatic rings. The van der Waals surface area contributed by atoms with E-state index in [4.69, 9.17) is 18.5 Å². The fourth-order valence-electron chi connectivity index (χ4n) is 7.94. The highest BCUT2D eigenvalue weighted by Crippen LogP contribution is 2.43. The van der Waals surface area contributed by atoms with Gasteiger partial charge in [0, 0.05) is 25.8 Å². The molecule has 11 heteroatoms. The summed E-state index contributed by atoms with van der Waals surface area (Å²) in [7, 11) is -4.54. The molecule has 0 heterocycles. The van der Waals surface area contributed by atoms with Gasteiger partial charge in [0.1, 0.15) is 6.61 Å². The summed E-state index contributed by atoms with van der Waals surface area (Å²) < 4.78 is 34.1. The van der Waals surface area contributed by atoms with Crippen LogP contribution in [-0.4, -0.2) is 55.2 Å². The van der Waals surface area contributed by atoms with Crippen LogP contribution in [0.2, 0.25) is 0 Å². The molecule has 0 rings (SSSR count). The summed E-state index contributed by atoms with van der Waals surface area (Å²) in [6, 6.07) is 0. The minimum Gasteiger partial charge on any atom is -0.462 e. The lowest BCUT2D eigenvalue weighted by molar-refractivity contribution is -0.161. The van der Waals surface area contributed by atoms with Gasteiger partial charge in [-0.1, -0.05) is 231 Å². The molecule has 0 aromatic carbocycles. The third-order valence-corrected chi connectivity index (χ3v) is 13.1. The number of phosphoric ester groups is 1. The van der Waals surface area contributed by atoms with Crippen molar-refractivity contribution in [3.63, 3.8) is 0 Å². The molecule has 2 atom stereocenters. The third-order valence-electron chi connectivity index (χ3n) is 12.2. The van der Waals surface area contributed by atoms with E-state index < -0.39 is 32.5 Å². The van der Waals surface area contributed by atoms with Gasteiger partial charge in [-0.3, -0.25) is 23.4 Å². The van der Waals surface area contributed by atoms with Crippen molar-refractivity contribution >= 4 is 25.7 Å². The summed E-state index contributed by atoms with van der Waals surface area (Å²) in [5.74, 6) is -0.983. The summed E-state index contributed by atoms with van der Waals surface area (Å²) in [5.41, 5.74) is 0. The maximum Gasteiger partial charge on any atom is 0.472 e. The Bertz CT molecular complexity index is 1190. The predicted molar refractivity (Wildman–Crippen MR) is 276 cm³/mol. The van der Waals surface area contributed by atoms with Gasteiger partial charge in [0.05, 0.1) is 13.2 Å². The summed E-state index contributed by atoms with van der Waals surface area (Å²) in [6.45, 7) is 5.82. The molecule has 66 heavy (non-hydrogen) atoms. The Morgan fingerprint density at radius 1 is 0.470 bits per heavy atom. The number of hydrogen-bond donors (Lipinski definition) is 2. The number of amides is 1. The normalized spacial score (nSPS) is 13.1. The van der Waals surface area contributed by atoms with Crippen LogP contribution in [0.1, 0.15) is 278 Å². The molecule has 0 fully saturated rings. The first-order chi connectivity index (χ1) is 32.2. The molecule has 0 saturated heterocycles. The van der Waals surface area contributed by atoms with E-state index in [1.165, 1.54) is 148 Å². The number of allylic oxidation sites excluding steroid dienone is 4. The van der Waals surface area contributed by atoms with E-state index in [1.807, 2.05) is 0 Å². The SMILES string of the molecule is CCCCC/C=C/C/C=C/CCCCCCCC(=O)NCCOP(=O)(O)OC[C@@H](COC(=O)CCCCCCCCCCCCCCC)OC(=O)CCCCCCCCCCCCCCC. The van der Waals surface area contributed by atoms with E-state index in [0.29, 0.717) is 12.8 Å². The number of rotatable bonds is 52. The van der Waals surface area contributed by atoms with Crippen molar-refractivity contribution in [2.24, 2.45) is 0 Å². The molecule has 2 N–H and O–H groups in total. The zero-order chi connectivity index (χ0) is 48.3. The predicted octanol–water partition coefficient (Wildman–Crippen LogP) is 16.5. The average molecular weight is 954 g/mol. The second kappa shape index (κ2) is 50.9. The fourth-order valence-corrected chi connectivity index (χ4v) is 8.70. The van der Waals surface area contributed by atoms with E-state index in [9.17, 15) is 23.8 Å². The lowest BCUT2D eigenvalue weighted by atomic mass is 10.0. The number of ether oxygens (including phenoxy) is 2. The van der Waals surface area contributed by atoms with E-state index in [1.54, 1.807) is 0 Å². The largest absolute Gasteiger partial charge is 0.472 e. The van der Waals surface area contributed by atoms with Gasteiger partial charge in [0.15, 0.2) is 6.10 Å². The second-order valence-electron chi connectivity index (χ2n) is 18.7. The number of carbonyl (C=O) groups excluding carboxylic acids is 3. The van der Waals surface area contributed by atoms with Gasteiger partial charge in [-0.25, -0.2) is 4.57 Å². The summed E-state index contributed by atoms with van der Waals surface area (Å²) in [4.78, 5) is 48.1. The molecule has 1 unspecified atom stereocenters. The van der Waals surface area contributed by atoms with Crippen LogP contribution < -0.4 is 5.32 Å². The van der Waals surface area contributed by atoms with Crippen LogP contribution >= 0.6 is 7.82 Å². The Hall–Kier alpha value is -2.00. The minimum absolute atomic E-state index is 0.0569. The van der Waals surface area contributed by atoms with Crippen LogP contribution in [0, 0.1) is 0 Å². The Balaban J connectivity index is 4.49. The Kier molecular flexibility index (Phi) is 49.3. The van der Waals surface area contributed by atoms with Gasteiger partial charge in [-0.05, 0) is 51.4 Å². The maximum atomic E-state index is 12.8. The topological polar surface area (TPSA) is 137 Å². The molecule has 0 bridgehead atoms. The molecule has 10 nitrogen and oxygen atoms in total. The van der Waals surface area contributed by atoms with Crippen molar-refractivity contribution in [3.05, 3.63) is 24.3 Å². The Morgan fingerprint density at radius 2 is 0.848 bits per heavy atom. The van der Waals surface area contributed by atoms with Gasteiger partial charge in [0.2, 0.25) is 5.91 Å². The lowest BCUT2D eigenvalue weighted by Gasteiger charge is -2.20. The van der Waals surface area contributed by atoms with Crippen molar-refractivity contribution in [2.75, 3.05) is 26.4 Å². The highest BCUT2D eigenvalue weighted by Gasteiger charge is 2.26. The smallest absolute Gasteiger partial charge is 0.462 e. The van der Waals surface area contributed by atoms with E-state index in [2.05, 4.69) is 50.4 Å². The molecule has 0 aliphatic heterocycles. The van der Waals surface area contributed by atoms with Crippen molar-refractivity contribution in [1.82, 2.24) is 5.32 Å². The fraction of sp³-hybridized carbons (Fsp3) is 0.873. The van der Waals surface area contributed by atoms with Gasteiger partial charge in [-0.2, -0.15) is 0 Å². The number of nitrogens with one attached hydrogen (secondary N) is 1.